The second kappa shape index (κ2) is 5.70. The smallest absolute Gasteiger partial charge is 0.152 e. The zero-order chi connectivity index (χ0) is 9.52. The predicted octanol–water partition coefficient (Wildman–Crippen LogP) is 1.35. The van der Waals surface area contributed by atoms with Crippen molar-refractivity contribution < 1.29 is 5.11 Å². The molecule has 0 atom stereocenters. The molecule has 1 aromatic heterocycles. The van der Waals surface area contributed by atoms with Crippen molar-refractivity contribution >= 4 is 0 Å². The van der Waals surface area contributed by atoms with Gasteiger partial charge in [0.05, 0.1) is 0 Å². The quantitative estimate of drug-likeness (QED) is 0.677. The van der Waals surface area contributed by atoms with Gasteiger partial charge in [0.1, 0.15) is 12.9 Å². The van der Waals surface area contributed by atoms with E-state index in [1.165, 1.54) is 25.6 Å². The fourth-order valence-corrected chi connectivity index (χ4v) is 1.29. The topological polar surface area (TPSA) is 50.9 Å². The van der Waals surface area contributed by atoms with Gasteiger partial charge in [-0.1, -0.05) is 26.2 Å². The Morgan fingerprint density at radius 2 is 2.23 bits per heavy atom. The Labute approximate surface area is 78.6 Å². The normalized spacial score (nSPS) is 10.6. The lowest BCUT2D eigenvalue weighted by Gasteiger charge is -2.02. The molecule has 0 unspecified atom stereocenters. The number of unbranched alkanes of at least 4 members (excludes halogenated alkanes) is 3. The molecule has 74 valence electrons. The van der Waals surface area contributed by atoms with E-state index in [9.17, 15) is 0 Å². The first-order valence-corrected chi connectivity index (χ1v) is 4.86. The van der Waals surface area contributed by atoms with Gasteiger partial charge in [0.15, 0.2) is 5.82 Å². The fourth-order valence-electron chi connectivity index (χ4n) is 1.29. The molecule has 1 aromatic rings. The fraction of sp³-hybridized carbons (Fsp3) is 0.778. The van der Waals surface area contributed by atoms with E-state index in [0.717, 1.165) is 13.0 Å². The summed E-state index contributed by atoms with van der Waals surface area (Å²) in [4.78, 5) is 3.94. The van der Waals surface area contributed by atoms with Gasteiger partial charge in [-0.05, 0) is 6.42 Å². The van der Waals surface area contributed by atoms with Crippen LogP contribution in [-0.4, -0.2) is 19.9 Å². The molecule has 1 heterocycles. The lowest BCUT2D eigenvalue weighted by Crippen LogP contribution is -2.05. The molecular weight excluding hydrogens is 166 g/mol. The van der Waals surface area contributed by atoms with Gasteiger partial charge in [-0.25, -0.2) is 9.67 Å². The van der Waals surface area contributed by atoms with E-state index in [2.05, 4.69) is 17.0 Å². The second-order valence-electron chi connectivity index (χ2n) is 3.12. The highest BCUT2D eigenvalue weighted by molar-refractivity contribution is 4.80. The van der Waals surface area contributed by atoms with E-state index < -0.39 is 0 Å². The molecule has 1 N–H and O–H groups in total. The molecule has 4 heteroatoms. The van der Waals surface area contributed by atoms with E-state index in [-0.39, 0.29) is 6.61 Å². The molecular formula is C9H17N3O. The standard InChI is InChI=1S/C9H17N3O/c1-2-3-4-5-6-12-9(7-13)10-8-11-12/h8,13H,2-7H2,1H3. The van der Waals surface area contributed by atoms with Gasteiger partial charge in [0, 0.05) is 6.54 Å². The predicted molar refractivity (Wildman–Crippen MR) is 50.1 cm³/mol. The Hall–Kier alpha value is -0.900. The van der Waals surface area contributed by atoms with Crippen LogP contribution in [0.2, 0.25) is 0 Å². The van der Waals surface area contributed by atoms with E-state index in [1.54, 1.807) is 4.68 Å². The van der Waals surface area contributed by atoms with Crippen molar-refractivity contribution in [2.75, 3.05) is 0 Å². The highest BCUT2D eigenvalue weighted by Crippen LogP contribution is 2.02. The largest absolute Gasteiger partial charge is 0.388 e. The summed E-state index contributed by atoms with van der Waals surface area (Å²) in [6.45, 7) is 3.04. The molecule has 0 spiro atoms. The Morgan fingerprint density at radius 1 is 1.38 bits per heavy atom. The highest BCUT2D eigenvalue weighted by Gasteiger charge is 2.00. The summed E-state index contributed by atoms with van der Waals surface area (Å²) < 4.78 is 1.77. The first kappa shape index (κ1) is 10.2. The molecule has 0 aliphatic heterocycles. The van der Waals surface area contributed by atoms with Crippen LogP contribution < -0.4 is 0 Å². The minimum atomic E-state index is -0.0201. The molecule has 0 aliphatic rings. The number of aromatic nitrogens is 3. The number of hydrogen-bond donors (Lipinski definition) is 1. The van der Waals surface area contributed by atoms with Crippen LogP contribution in [0.25, 0.3) is 0 Å². The van der Waals surface area contributed by atoms with Crippen LogP contribution in [-0.2, 0) is 13.2 Å². The third-order valence-corrected chi connectivity index (χ3v) is 2.06. The van der Waals surface area contributed by atoms with Gasteiger partial charge in [-0.2, -0.15) is 5.10 Å². The molecule has 0 saturated carbocycles. The highest BCUT2D eigenvalue weighted by atomic mass is 16.3. The van der Waals surface area contributed by atoms with Crippen molar-refractivity contribution in [1.82, 2.24) is 14.8 Å². The maximum Gasteiger partial charge on any atom is 0.152 e. The van der Waals surface area contributed by atoms with Crippen molar-refractivity contribution in [3.63, 3.8) is 0 Å². The Balaban J connectivity index is 2.27. The zero-order valence-electron chi connectivity index (χ0n) is 8.11. The van der Waals surface area contributed by atoms with Crippen molar-refractivity contribution in [2.24, 2.45) is 0 Å². The van der Waals surface area contributed by atoms with Crippen molar-refractivity contribution in [3.05, 3.63) is 12.2 Å². The average Bonchev–Trinajstić information content (AvgIpc) is 2.60. The molecule has 0 aromatic carbocycles. The summed E-state index contributed by atoms with van der Waals surface area (Å²) in [6.07, 6.45) is 6.34. The lowest BCUT2D eigenvalue weighted by atomic mass is 10.2. The molecule has 0 amide bonds. The summed E-state index contributed by atoms with van der Waals surface area (Å²) in [6, 6.07) is 0. The van der Waals surface area contributed by atoms with E-state index in [0.29, 0.717) is 5.82 Å². The summed E-state index contributed by atoms with van der Waals surface area (Å²) in [5.41, 5.74) is 0. The van der Waals surface area contributed by atoms with Crippen LogP contribution in [0.5, 0.6) is 0 Å². The maximum absolute atomic E-state index is 8.89. The number of aryl methyl sites for hydroxylation is 1. The number of hydrogen-bond acceptors (Lipinski definition) is 3. The number of rotatable bonds is 6. The third-order valence-electron chi connectivity index (χ3n) is 2.06. The van der Waals surface area contributed by atoms with Crippen LogP contribution in [0, 0.1) is 0 Å². The average molecular weight is 183 g/mol. The van der Waals surface area contributed by atoms with Gasteiger partial charge < -0.3 is 5.11 Å². The molecule has 1 rings (SSSR count). The molecule has 0 bridgehead atoms. The van der Waals surface area contributed by atoms with Crippen molar-refractivity contribution in [1.29, 1.82) is 0 Å². The SMILES string of the molecule is CCCCCCn1ncnc1CO. The summed E-state index contributed by atoms with van der Waals surface area (Å²) in [7, 11) is 0. The number of aliphatic hydroxyl groups excluding tert-OH is 1. The Bertz CT molecular complexity index is 235. The molecule has 0 saturated heterocycles. The van der Waals surface area contributed by atoms with Crippen LogP contribution in [0.15, 0.2) is 6.33 Å². The summed E-state index contributed by atoms with van der Waals surface area (Å²) >= 11 is 0. The summed E-state index contributed by atoms with van der Waals surface area (Å²) in [5, 5.41) is 12.9. The monoisotopic (exact) mass is 183 g/mol. The Morgan fingerprint density at radius 3 is 2.92 bits per heavy atom. The zero-order valence-corrected chi connectivity index (χ0v) is 8.11. The van der Waals surface area contributed by atoms with Crippen LogP contribution in [0.4, 0.5) is 0 Å². The number of aliphatic hydroxyl groups is 1. The van der Waals surface area contributed by atoms with Gasteiger partial charge in [0.25, 0.3) is 0 Å². The second-order valence-corrected chi connectivity index (χ2v) is 3.12. The Kier molecular flexibility index (Phi) is 4.46. The first-order valence-electron chi connectivity index (χ1n) is 4.86. The van der Waals surface area contributed by atoms with Gasteiger partial charge in [-0.3, -0.25) is 0 Å². The molecule has 0 radical (unpaired) electrons. The number of nitrogens with zero attached hydrogens (tertiary/aromatic N) is 3. The molecule has 4 nitrogen and oxygen atoms in total. The van der Waals surface area contributed by atoms with Crippen LogP contribution >= 0.6 is 0 Å². The molecule has 0 fully saturated rings. The van der Waals surface area contributed by atoms with Crippen LogP contribution in [0.1, 0.15) is 38.4 Å². The third kappa shape index (κ3) is 3.14. The minimum absolute atomic E-state index is 0.0201. The summed E-state index contributed by atoms with van der Waals surface area (Å²) in [5.74, 6) is 0.663. The van der Waals surface area contributed by atoms with Crippen LogP contribution in [0.3, 0.4) is 0 Å². The molecule has 13 heavy (non-hydrogen) atoms. The van der Waals surface area contributed by atoms with E-state index >= 15 is 0 Å². The molecule has 0 aliphatic carbocycles. The maximum atomic E-state index is 8.89. The van der Waals surface area contributed by atoms with Gasteiger partial charge in [-0.15, -0.1) is 0 Å². The minimum Gasteiger partial charge on any atom is -0.388 e. The van der Waals surface area contributed by atoms with Gasteiger partial charge >= 0.3 is 0 Å². The van der Waals surface area contributed by atoms with E-state index in [4.69, 9.17) is 5.11 Å². The lowest BCUT2D eigenvalue weighted by molar-refractivity contribution is 0.261. The van der Waals surface area contributed by atoms with Crippen molar-refractivity contribution in [2.45, 2.75) is 45.8 Å². The van der Waals surface area contributed by atoms with Gasteiger partial charge in [0.2, 0.25) is 0 Å². The van der Waals surface area contributed by atoms with Crippen molar-refractivity contribution in [3.8, 4) is 0 Å². The first-order chi connectivity index (χ1) is 6.38. The van der Waals surface area contributed by atoms with E-state index in [1.807, 2.05) is 0 Å².